The van der Waals surface area contributed by atoms with E-state index >= 15 is 0 Å². The zero-order valence-electron chi connectivity index (χ0n) is 11.5. The molecule has 5 nitrogen and oxygen atoms in total. The highest BCUT2D eigenvalue weighted by molar-refractivity contribution is 9.10. The number of halogens is 1. The van der Waals surface area contributed by atoms with Crippen LogP contribution in [0.1, 0.15) is 18.9 Å². The largest absolute Gasteiger partial charge is 0.480 e. The molecule has 0 aliphatic rings. The van der Waals surface area contributed by atoms with Gasteiger partial charge in [-0.2, -0.15) is 5.26 Å². The Bertz CT molecular complexity index is 500. The summed E-state index contributed by atoms with van der Waals surface area (Å²) in [7, 11) is 1.62. The van der Waals surface area contributed by atoms with Crippen LogP contribution < -0.4 is 10.1 Å². The first-order valence-corrected chi connectivity index (χ1v) is 7.00. The molecule has 1 aromatic carbocycles. The van der Waals surface area contributed by atoms with Crippen molar-refractivity contribution in [1.82, 2.24) is 5.32 Å². The van der Waals surface area contributed by atoms with Crippen molar-refractivity contribution in [3.8, 4) is 11.8 Å². The lowest BCUT2D eigenvalue weighted by Crippen LogP contribution is -2.37. The third kappa shape index (κ3) is 5.19. The third-order valence-electron chi connectivity index (χ3n) is 2.56. The monoisotopic (exact) mass is 340 g/mol. The van der Waals surface area contributed by atoms with Gasteiger partial charge in [0.25, 0.3) is 5.91 Å². The highest BCUT2D eigenvalue weighted by Crippen LogP contribution is 2.23. The quantitative estimate of drug-likeness (QED) is 0.772. The molecule has 108 valence electrons. The van der Waals surface area contributed by atoms with Gasteiger partial charge in [-0.05, 0) is 31.5 Å². The molecule has 1 atom stereocenters. The molecule has 0 aliphatic carbocycles. The molecule has 1 aromatic rings. The average molecular weight is 341 g/mol. The van der Waals surface area contributed by atoms with Crippen LogP contribution >= 0.6 is 15.9 Å². The molecule has 0 saturated carbocycles. The van der Waals surface area contributed by atoms with Crippen molar-refractivity contribution in [1.29, 1.82) is 5.26 Å². The molecule has 1 amide bonds. The van der Waals surface area contributed by atoms with Crippen molar-refractivity contribution in [2.45, 2.75) is 19.4 Å². The van der Waals surface area contributed by atoms with Crippen molar-refractivity contribution in [2.24, 2.45) is 0 Å². The minimum absolute atomic E-state index is 0.215. The first-order chi connectivity index (χ1) is 9.58. The number of hydrogen-bond acceptors (Lipinski definition) is 4. The van der Waals surface area contributed by atoms with Gasteiger partial charge in [0.1, 0.15) is 11.8 Å². The standard InChI is InChI=1S/C14H17BrN2O3/c1-10(14(18)17-6-3-7-19-2)20-13-5-4-12(15)8-11(13)9-16/h4-5,8,10H,3,6-7H2,1-2H3,(H,17,18). The van der Waals surface area contributed by atoms with Crippen LogP contribution in [0.25, 0.3) is 0 Å². The second kappa shape index (κ2) is 8.56. The molecule has 1 N–H and O–H groups in total. The van der Waals surface area contributed by atoms with Crippen molar-refractivity contribution in [2.75, 3.05) is 20.3 Å². The Morgan fingerprint density at radius 1 is 1.55 bits per heavy atom. The number of nitrogens with zero attached hydrogens (tertiary/aromatic N) is 1. The van der Waals surface area contributed by atoms with Crippen molar-refractivity contribution in [3.63, 3.8) is 0 Å². The van der Waals surface area contributed by atoms with E-state index in [2.05, 4.69) is 21.2 Å². The van der Waals surface area contributed by atoms with Gasteiger partial charge < -0.3 is 14.8 Å². The minimum Gasteiger partial charge on any atom is -0.480 e. The van der Waals surface area contributed by atoms with Crippen molar-refractivity contribution < 1.29 is 14.3 Å². The SMILES string of the molecule is COCCCNC(=O)C(C)Oc1ccc(Br)cc1C#N. The van der Waals surface area contributed by atoms with Crippen LogP contribution in [0.5, 0.6) is 5.75 Å². The molecule has 1 unspecified atom stereocenters. The summed E-state index contributed by atoms with van der Waals surface area (Å²) in [5.41, 5.74) is 0.387. The smallest absolute Gasteiger partial charge is 0.260 e. The Balaban J connectivity index is 2.55. The molecule has 0 saturated heterocycles. The Morgan fingerprint density at radius 2 is 2.30 bits per heavy atom. The second-order valence-electron chi connectivity index (χ2n) is 4.15. The molecule has 0 fully saturated rings. The summed E-state index contributed by atoms with van der Waals surface area (Å²) in [5.74, 6) is 0.183. The van der Waals surface area contributed by atoms with E-state index in [-0.39, 0.29) is 5.91 Å². The van der Waals surface area contributed by atoms with E-state index < -0.39 is 6.10 Å². The van der Waals surface area contributed by atoms with Crippen LogP contribution in [0.4, 0.5) is 0 Å². The van der Waals surface area contributed by atoms with E-state index in [0.29, 0.717) is 24.5 Å². The Hall–Kier alpha value is -1.58. The molecule has 0 spiro atoms. The molecule has 0 bridgehead atoms. The van der Waals surface area contributed by atoms with E-state index in [1.807, 2.05) is 6.07 Å². The highest BCUT2D eigenvalue weighted by atomic mass is 79.9. The number of carbonyl (C=O) groups excluding carboxylic acids is 1. The average Bonchev–Trinajstić information content (AvgIpc) is 2.45. The predicted molar refractivity (Wildman–Crippen MR) is 78.4 cm³/mol. The van der Waals surface area contributed by atoms with Gasteiger partial charge in [0.2, 0.25) is 0 Å². The number of nitrogens with one attached hydrogen (secondary N) is 1. The van der Waals surface area contributed by atoms with Gasteiger partial charge in [0.15, 0.2) is 6.10 Å². The molecule has 0 aromatic heterocycles. The summed E-state index contributed by atoms with van der Waals surface area (Å²) in [6, 6.07) is 7.12. The van der Waals surface area contributed by atoms with E-state index in [1.165, 1.54) is 0 Å². The number of nitriles is 1. The molecular formula is C14H17BrN2O3. The Morgan fingerprint density at radius 3 is 2.95 bits per heavy atom. The number of hydrogen-bond donors (Lipinski definition) is 1. The van der Waals surface area contributed by atoms with E-state index in [0.717, 1.165) is 10.9 Å². The number of methoxy groups -OCH3 is 1. The molecule has 1 rings (SSSR count). The lowest BCUT2D eigenvalue weighted by molar-refractivity contribution is -0.127. The summed E-state index contributed by atoms with van der Waals surface area (Å²) in [4.78, 5) is 11.8. The first-order valence-electron chi connectivity index (χ1n) is 6.21. The van der Waals surface area contributed by atoms with Crippen LogP contribution in [0.15, 0.2) is 22.7 Å². The van der Waals surface area contributed by atoms with Gasteiger partial charge in [0, 0.05) is 24.7 Å². The number of benzene rings is 1. The molecule has 0 radical (unpaired) electrons. The van der Waals surface area contributed by atoms with Gasteiger partial charge in [0.05, 0.1) is 5.56 Å². The number of carbonyl (C=O) groups is 1. The van der Waals surface area contributed by atoms with Crippen LogP contribution in [-0.4, -0.2) is 32.3 Å². The van der Waals surface area contributed by atoms with E-state index in [1.54, 1.807) is 32.2 Å². The third-order valence-corrected chi connectivity index (χ3v) is 3.05. The molecule has 6 heteroatoms. The number of ether oxygens (including phenoxy) is 2. The number of rotatable bonds is 7. The zero-order chi connectivity index (χ0) is 15.0. The predicted octanol–water partition coefficient (Wildman–Crippen LogP) is 2.24. The summed E-state index contributed by atoms with van der Waals surface area (Å²) < 4.78 is 11.2. The highest BCUT2D eigenvalue weighted by Gasteiger charge is 2.16. The Kier molecular flexibility index (Phi) is 7.05. The summed E-state index contributed by atoms with van der Waals surface area (Å²) in [6.45, 7) is 2.78. The lowest BCUT2D eigenvalue weighted by atomic mass is 10.2. The maximum absolute atomic E-state index is 11.8. The molecule has 0 heterocycles. The maximum atomic E-state index is 11.8. The first kappa shape index (κ1) is 16.5. The molecule has 20 heavy (non-hydrogen) atoms. The topological polar surface area (TPSA) is 71.3 Å². The second-order valence-corrected chi connectivity index (χ2v) is 5.07. The fourth-order valence-electron chi connectivity index (χ4n) is 1.51. The normalized spacial score (nSPS) is 11.5. The van der Waals surface area contributed by atoms with Gasteiger partial charge in [-0.3, -0.25) is 4.79 Å². The summed E-state index contributed by atoms with van der Waals surface area (Å²) in [5, 5.41) is 11.8. The van der Waals surface area contributed by atoms with Crippen LogP contribution in [0, 0.1) is 11.3 Å². The fraction of sp³-hybridized carbons (Fsp3) is 0.429. The lowest BCUT2D eigenvalue weighted by Gasteiger charge is -2.15. The van der Waals surface area contributed by atoms with Crippen LogP contribution in [0.2, 0.25) is 0 Å². The van der Waals surface area contributed by atoms with E-state index in [4.69, 9.17) is 14.7 Å². The van der Waals surface area contributed by atoms with Crippen LogP contribution in [-0.2, 0) is 9.53 Å². The van der Waals surface area contributed by atoms with Gasteiger partial charge >= 0.3 is 0 Å². The van der Waals surface area contributed by atoms with Gasteiger partial charge in [-0.25, -0.2) is 0 Å². The summed E-state index contributed by atoms with van der Waals surface area (Å²) >= 11 is 3.28. The van der Waals surface area contributed by atoms with Gasteiger partial charge in [-0.1, -0.05) is 15.9 Å². The van der Waals surface area contributed by atoms with Crippen molar-refractivity contribution >= 4 is 21.8 Å². The fourth-order valence-corrected chi connectivity index (χ4v) is 1.87. The van der Waals surface area contributed by atoms with E-state index in [9.17, 15) is 4.79 Å². The molecular weight excluding hydrogens is 324 g/mol. The summed E-state index contributed by atoms with van der Waals surface area (Å²) in [6.07, 6.45) is 0.0854. The minimum atomic E-state index is -0.661. The van der Waals surface area contributed by atoms with Crippen molar-refractivity contribution in [3.05, 3.63) is 28.2 Å². The molecule has 0 aliphatic heterocycles. The van der Waals surface area contributed by atoms with Crippen LogP contribution in [0.3, 0.4) is 0 Å². The number of amides is 1. The Labute approximate surface area is 127 Å². The maximum Gasteiger partial charge on any atom is 0.260 e. The van der Waals surface area contributed by atoms with Gasteiger partial charge in [-0.15, -0.1) is 0 Å². The zero-order valence-corrected chi connectivity index (χ0v) is 13.1.